The van der Waals surface area contributed by atoms with E-state index in [0.29, 0.717) is 30.9 Å². The van der Waals surface area contributed by atoms with E-state index in [1.165, 1.54) is 0 Å². The molecule has 4 aromatic rings. The molecule has 34 heavy (non-hydrogen) atoms. The second-order valence-electron chi connectivity index (χ2n) is 8.78. The van der Waals surface area contributed by atoms with Gasteiger partial charge in [-0.1, -0.05) is 18.2 Å². The average molecular weight is 525 g/mol. The molecule has 0 bridgehead atoms. The van der Waals surface area contributed by atoms with Crippen molar-refractivity contribution < 1.29 is 9.47 Å². The molecule has 0 spiro atoms. The van der Waals surface area contributed by atoms with Gasteiger partial charge in [-0.15, -0.1) is 0 Å². The van der Waals surface area contributed by atoms with Crippen molar-refractivity contribution in [2.45, 2.75) is 31.6 Å². The maximum atomic E-state index is 6.50. The fourth-order valence-corrected chi connectivity index (χ4v) is 5.25. The number of nitrogen functional groups attached to an aromatic ring is 1. The standard InChI is InChI=1S/C25H29BrN6O2/c1-33-11-12-34-16-17-7-9-18(10-8-17)23-22(26)24(27)32-25(30-23)21(14-29-32)19-13-28-31(15-19)20-5-3-2-4-6-20/h2-6,13-15,17-18H,7-12,16,27H2,1H3. The lowest BCUT2D eigenvalue weighted by molar-refractivity contribution is 0.0424. The van der Waals surface area contributed by atoms with Crippen LogP contribution in [0.2, 0.25) is 0 Å². The Kier molecular flexibility index (Phi) is 6.94. The van der Waals surface area contributed by atoms with Crippen molar-refractivity contribution in [3.63, 3.8) is 0 Å². The number of benzene rings is 1. The highest BCUT2D eigenvalue weighted by Gasteiger charge is 2.27. The minimum Gasteiger partial charge on any atom is -0.383 e. The summed E-state index contributed by atoms with van der Waals surface area (Å²) in [6, 6.07) is 10.0. The summed E-state index contributed by atoms with van der Waals surface area (Å²) in [5, 5.41) is 9.06. The molecule has 0 atom stereocenters. The Morgan fingerprint density at radius 3 is 2.62 bits per heavy atom. The lowest BCUT2D eigenvalue weighted by atomic mass is 9.80. The average Bonchev–Trinajstić information content (AvgIpc) is 3.52. The summed E-state index contributed by atoms with van der Waals surface area (Å²) in [7, 11) is 1.70. The first-order valence-corrected chi connectivity index (χ1v) is 12.4. The Bertz CT molecular complexity index is 1250. The zero-order valence-corrected chi connectivity index (χ0v) is 20.8. The van der Waals surface area contributed by atoms with Gasteiger partial charge in [-0.3, -0.25) is 0 Å². The number of methoxy groups -OCH3 is 1. The molecule has 2 N–H and O–H groups in total. The lowest BCUT2D eigenvalue weighted by Gasteiger charge is -2.28. The van der Waals surface area contributed by atoms with Crippen molar-refractivity contribution >= 4 is 27.4 Å². The smallest absolute Gasteiger partial charge is 0.165 e. The molecule has 178 valence electrons. The molecular weight excluding hydrogens is 496 g/mol. The Labute approximate surface area is 207 Å². The van der Waals surface area contributed by atoms with Crippen molar-refractivity contribution in [1.29, 1.82) is 0 Å². The molecule has 3 heterocycles. The lowest BCUT2D eigenvalue weighted by Crippen LogP contribution is -2.20. The minimum atomic E-state index is 0.353. The summed E-state index contributed by atoms with van der Waals surface area (Å²) >= 11 is 3.71. The molecule has 1 fully saturated rings. The molecule has 9 heteroatoms. The Hall–Kier alpha value is -2.75. The van der Waals surface area contributed by atoms with Gasteiger partial charge >= 0.3 is 0 Å². The fourth-order valence-electron chi connectivity index (χ4n) is 4.67. The number of para-hydroxylation sites is 1. The largest absolute Gasteiger partial charge is 0.383 e. The van der Waals surface area contributed by atoms with E-state index in [-0.39, 0.29) is 0 Å². The number of fused-ring (bicyclic) bond motifs is 1. The van der Waals surface area contributed by atoms with Crippen LogP contribution in [0.15, 0.2) is 53.4 Å². The molecule has 1 aliphatic carbocycles. The quantitative estimate of drug-likeness (QED) is 0.330. The molecule has 3 aromatic heterocycles. The Morgan fingerprint density at radius 1 is 1.06 bits per heavy atom. The highest BCUT2D eigenvalue weighted by molar-refractivity contribution is 9.10. The van der Waals surface area contributed by atoms with Gasteiger partial charge in [0.15, 0.2) is 5.65 Å². The predicted octanol–water partition coefficient (Wildman–Crippen LogP) is 4.86. The second-order valence-corrected chi connectivity index (χ2v) is 9.58. The summed E-state index contributed by atoms with van der Waals surface area (Å²) in [4.78, 5) is 5.08. The Balaban J connectivity index is 1.38. The third-order valence-corrected chi connectivity index (χ3v) is 7.39. The molecule has 0 aliphatic heterocycles. The number of hydrogen-bond acceptors (Lipinski definition) is 6. The topological polar surface area (TPSA) is 92.5 Å². The van der Waals surface area contributed by atoms with Crippen molar-refractivity contribution in [2.24, 2.45) is 5.92 Å². The predicted molar refractivity (Wildman–Crippen MR) is 135 cm³/mol. The zero-order valence-electron chi connectivity index (χ0n) is 19.2. The fraction of sp³-hybridized carbons (Fsp3) is 0.400. The molecular formula is C25H29BrN6O2. The SMILES string of the molecule is COCCOCC1CCC(c2nc3c(-c4cnn(-c5ccccc5)c4)cnn3c(N)c2Br)CC1. The van der Waals surface area contributed by atoms with Gasteiger partial charge in [-0.2, -0.15) is 14.7 Å². The highest BCUT2D eigenvalue weighted by Crippen LogP contribution is 2.40. The highest BCUT2D eigenvalue weighted by atomic mass is 79.9. The van der Waals surface area contributed by atoms with E-state index in [2.05, 4.69) is 26.1 Å². The molecule has 1 aromatic carbocycles. The number of anilines is 1. The van der Waals surface area contributed by atoms with Gasteiger partial charge in [0.25, 0.3) is 0 Å². The normalized spacial score (nSPS) is 18.5. The van der Waals surface area contributed by atoms with E-state index in [4.69, 9.17) is 20.2 Å². The Morgan fingerprint density at radius 2 is 1.85 bits per heavy atom. The van der Waals surface area contributed by atoms with Crippen LogP contribution in [-0.4, -0.2) is 51.3 Å². The maximum Gasteiger partial charge on any atom is 0.165 e. The van der Waals surface area contributed by atoms with Gasteiger partial charge in [0.05, 0.1) is 41.5 Å². The van der Waals surface area contributed by atoms with Crippen LogP contribution in [0, 0.1) is 5.92 Å². The van der Waals surface area contributed by atoms with Crippen molar-refractivity contribution in [3.05, 3.63) is 59.1 Å². The van der Waals surface area contributed by atoms with Gasteiger partial charge in [0, 0.05) is 37.0 Å². The number of nitrogens with two attached hydrogens (primary N) is 1. The third-order valence-electron chi connectivity index (χ3n) is 6.58. The van der Waals surface area contributed by atoms with Crippen molar-refractivity contribution in [1.82, 2.24) is 24.4 Å². The first-order chi connectivity index (χ1) is 16.7. The van der Waals surface area contributed by atoms with Gasteiger partial charge in [-0.05, 0) is 59.7 Å². The molecule has 0 radical (unpaired) electrons. The van der Waals surface area contributed by atoms with Crippen LogP contribution in [0.5, 0.6) is 0 Å². The van der Waals surface area contributed by atoms with Crippen molar-refractivity contribution in [2.75, 3.05) is 32.7 Å². The van der Waals surface area contributed by atoms with Crippen LogP contribution in [0.1, 0.15) is 37.3 Å². The number of ether oxygens (including phenoxy) is 2. The summed E-state index contributed by atoms with van der Waals surface area (Å²) in [5.74, 6) is 1.51. The van der Waals surface area contributed by atoms with E-state index in [9.17, 15) is 0 Å². The third kappa shape index (κ3) is 4.60. The monoisotopic (exact) mass is 524 g/mol. The number of rotatable bonds is 8. The van der Waals surface area contributed by atoms with Crippen LogP contribution in [0.25, 0.3) is 22.5 Å². The second kappa shape index (κ2) is 10.2. The molecule has 8 nitrogen and oxygen atoms in total. The van der Waals surface area contributed by atoms with Crippen LogP contribution in [-0.2, 0) is 9.47 Å². The first-order valence-electron chi connectivity index (χ1n) is 11.7. The molecule has 1 saturated carbocycles. The molecule has 0 amide bonds. The first kappa shape index (κ1) is 23.0. The van der Waals surface area contributed by atoms with Crippen molar-refractivity contribution in [3.8, 4) is 16.8 Å². The van der Waals surface area contributed by atoms with E-state index in [1.54, 1.807) is 11.6 Å². The number of aromatic nitrogens is 5. The van der Waals surface area contributed by atoms with Gasteiger partial charge in [-0.25, -0.2) is 9.67 Å². The van der Waals surface area contributed by atoms with Gasteiger partial charge in [0.2, 0.25) is 0 Å². The molecule has 5 rings (SSSR count). The number of nitrogens with zero attached hydrogens (tertiary/aromatic N) is 5. The van der Waals surface area contributed by atoms with E-state index in [0.717, 1.165) is 64.9 Å². The van der Waals surface area contributed by atoms with Gasteiger partial charge in [0.1, 0.15) is 5.82 Å². The van der Waals surface area contributed by atoms with Crippen LogP contribution >= 0.6 is 15.9 Å². The summed E-state index contributed by atoms with van der Waals surface area (Å²) in [6.07, 6.45) is 10.0. The minimum absolute atomic E-state index is 0.353. The number of halogens is 1. The van der Waals surface area contributed by atoms with Gasteiger partial charge < -0.3 is 15.2 Å². The summed E-state index contributed by atoms with van der Waals surface area (Å²) in [5.41, 5.74) is 11.1. The maximum absolute atomic E-state index is 6.50. The van der Waals surface area contributed by atoms with E-state index < -0.39 is 0 Å². The van der Waals surface area contributed by atoms with Crippen LogP contribution < -0.4 is 5.73 Å². The molecule has 0 unspecified atom stereocenters. The molecule has 0 saturated heterocycles. The van der Waals surface area contributed by atoms with Crippen LogP contribution in [0.3, 0.4) is 0 Å². The van der Waals surface area contributed by atoms with E-state index >= 15 is 0 Å². The summed E-state index contributed by atoms with van der Waals surface area (Å²) in [6.45, 7) is 2.09. The summed E-state index contributed by atoms with van der Waals surface area (Å²) < 4.78 is 15.2. The number of hydrogen-bond donors (Lipinski definition) is 1. The molecule has 1 aliphatic rings. The van der Waals surface area contributed by atoms with E-state index in [1.807, 2.05) is 53.6 Å². The van der Waals surface area contributed by atoms with Crippen LogP contribution in [0.4, 0.5) is 5.82 Å². The zero-order chi connectivity index (χ0) is 23.5.